The molecule has 3 heteroatoms. The summed E-state index contributed by atoms with van der Waals surface area (Å²) in [6.07, 6.45) is 48.8. The van der Waals surface area contributed by atoms with Gasteiger partial charge in [0.2, 0.25) is 0 Å². The molecule has 13 rings (SSSR count). The topological polar surface area (TPSA) is 33.3 Å². The maximum Gasteiger partial charge on any atom is 0.0840 e. The second-order valence-corrected chi connectivity index (χ2v) is 20.4. The zero-order valence-electron chi connectivity index (χ0n) is 35.6. The number of benzene rings is 2. The highest BCUT2D eigenvalue weighted by Crippen LogP contribution is 2.59. The fourth-order valence-electron chi connectivity index (χ4n) is 14.6. The molecule has 2 heterocycles. The van der Waals surface area contributed by atoms with Crippen LogP contribution in [0.2, 0.25) is 0 Å². The quantitative estimate of drug-likeness (QED) is 0.316. The van der Waals surface area contributed by atoms with Gasteiger partial charge in [0.1, 0.15) is 0 Å². The van der Waals surface area contributed by atoms with Gasteiger partial charge in [-0.05, 0) is 137 Å². The minimum Gasteiger partial charge on any atom is -0.373 e. The van der Waals surface area contributed by atoms with Gasteiger partial charge in [0.25, 0.3) is 0 Å². The number of hydrogen-bond acceptors (Lipinski definition) is 3. The Labute approximate surface area is 363 Å². The van der Waals surface area contributed by atoms with Crippen molar-refractivity contribution in [3.63, 3.8) is 0 Å². The van der Waals surface area contributed by atoms with E-state index < -0.39 is 0 Å². The maximum absolute atomic E-state index is 6.94. The molecule has 61 heavy (non-hydrogen) atoms. The van der Waals surface area contributed by atoms with Crippen LogP contribution < -0.4 is 10.6 Å². The second-order valence-electron chi connectivity index (χ2n) is 20.4. The molecule has 2 saturated heterocycles. The van der Waals surface area contributed by atoms with Crippen LogP contribution >= 0.6 is 0 Å². The van der Waals surface area contributed by atoms with Gasteiger partial charge in [-0.15, -0.1) is 0 Å². The molecule has 0 bridgehead atoms. The molecule has 14 unspecified atom stereocenters. The minimum absolute atomic E-state index is 0.0984. The first-order valence-corrected chi connectivity index (χ1v) is 24.1. The molecule has 0 radical (unpaired) electrons. The number of nitrogens with one attached hydrogen (secondary N) is 2. The molecule has 2 fully saturated rings. The summed E-state index contributed by atoms with van der Waals surface area (Å²) in [5.41, 5.74) is 17.1. The molecule has 14 atom stereocenters. The molecular formula is C58H60N2O. The fourth-order valence-corrected chi connectivity index (χ4v) is 14.6. The van der Waals surface area contributed by atoms with Gasteiger partial charge in [-0.1, -0.05) is 152 Å². The molecule has 0 spiro atoms. The van der Waals surface area contributed by atoms with Crippen molar-refractivity contribution < 1.29 is 4.74 Å². The molecule has 2 aromatic carbocycles. The van der Waals surface area contributed by atoms with Crippen LogP contribution in [0.3, 0.4) is 0 Å². The predicted molar refractivity (Wildman–Crippen MR) is 249 cm³/mol. The van der Waals surface area contributed by atoms with Crippen molar-refractivity contribution in [2.45, 2.75) is 100 Å². The van der Waals surface area contributed by atoms with Gasteiger partial charge in [0.05, 0.1) is 18.9 Å². The Morgan fingerprint density at radius 1 is 0.787 bits per heavy atom. The Bertz CT molecular complexity index is 2510. The smallest absolute Gasteiger partial charge is 0.0840 e. The highest BCUT2D eigenvalue weighted by Gasteiger charge is 2.48. The Balaban J connectivity index is 0.736. The summed E-state index contributed by atoms with van der Waals surface area (Å²) < 4.78 is 6.94. The summed E-state index contributed by atoms with van der Waals surface area (Å²) in [7, 11) is 0. The molecule has 11 aliphatic rings. The molecule has 9 aliphatic carbocycles. The first-order valence-electron chi connectivity index (χ1n) is 24.1. The molecule has 3 nitrogen and oxygen atoms in total. The third kappa shape index (κ3) is 6.01. The van der Waals surface area contributed by atoms with Crippen LogP contribution in [0.5, 0.6) is 0 Å². The Kier molecular flexibility index (Phi) is 8.98. The molecule has 0 aromatic heterocycles. The first kappa shape index (κ1) is 37.1. The molecular weight excluding hydrogens is 741 g/mol. The number of rotatable bonds is 5. The van der Waals surface area contributed by atoms with Gasteiger partial charge < -0.3 is 4.74 Å². The van der Waals surface area contributed by atoms with E-state index in [9.17, 15) is 0 Å². The Morgan fingerprint density at radius 3 is 2.67 bits per heavy atom. The normalized spacial score (nSPS) is 39.5. The lowest BCUT2D eigenvalue weighted by atomic mass is 9.66. The van der Waals surface area contributed by atoms with E-state index in [0.29, 0.717) is 71.3 Å². The minimum atomic E-state index is 0.0984. The first-order chi connectivity index (χ1) is 30.1. The lowest BCUT2D eigenvalue weighted by molar-refractivity contribution is -0.0247. The van der Waals surface area contributed by atoms with Crippen LogP contribution in [0.25, 0.3) is 5.57 Å². The summed E-state index contributed by atoms with van der Waals surface area (Å²) in [6, 6.07) is 17.4. The van der Waals surface area contributed by atoms with E-state index in [1.165, 1.54) is 66.4 Å². The predicted octanol–water partition coefficient (Wildman–Crippen LogP) is 11.8. The maximum atomic E-state index is 6.94. The van der Waals surface area contributed by atoms with E-state index >= 15 is 0 Å². The van der Waals surface area contributed by atoms with Crippen molar-refractivity contribution in [1.29, 1.82) is 0 Å². The summed E-state index contributed by atoms with van der Waals surface area (Å²) >= 11 is 0. The summed E-state index contributed by atoms with van der Waals surface area (Å²) in [4.78, 5) is 0. The number of hydrogen-bond donors (Lipinski definition) is 2. The largest absolute Gasteiger partial charge is 0.373 e. The Hall–Kier alpha value is -4.54. The van der Waals surface area contributed by atoms with Gasteiger partial charge >= 0.3 is 0 Å². The van der Waals surface area contributed by atoms with Gasteiger partial charge in [-0.2, -0.15) is 0 Å². The van der Waals surface area contributed by atoms with Crippen molar-refractivity contribution in [3.05, 3.63) is 195 Å². The number of allylic oxidation sites excluding steroid dienone is 16. The highest BCUT2D eigenvalue weighted by molar-refractivity contribution is 5.81. The number of ether oxygens (including phenoxy) is 1. The van der Waals surface area contributed by atoms with E-state index in [2.05, 4.69) is 157 Å². The average molecular weight is 801 g/mol. The van der Waals surface area contributed by atoms with Gasteiger partial charge in [-0.25, -0.2) is 0 Å². The van der Waals surface area contributed by atoms with Crippen LogP contribution in [-0.4, -0.2) is 31.0 Å². The summed E-state index contributed by atoms with van der Waals surface area (Å²) in [5.74, 6) is 5.13. The third-order valence-electron chi connectivity index (χ3n) is 17.5. The van der Waals surface area contributed by atoms with E-state index in [0.717, 1.165) is 19.4 Å². The molecule has 308 valence electrons. The van der Waals surface area contributed by atoms with Crippen molar-refractivity contribution in [2.75, 3.05) is 6.61 Å². The molecule has 0 saturated carbocycles. The monoisotopic (exact) mass is 800 g/mol. The molecule has 2 N–H and O–H groups in total. The zero-order valence-corrected chi connectivity index (χ0v) is 35.6. The number of fused-ring (bicyclic) bond motifs is 9. The van der Waals surface area contributed by atoms with E-state index in [4.69, 9.17) is 4.74 Å². The Morgan fingerprint density at radius 2 is 1.72 bits per heavy atom. The van der Waals surface area contributed by atoms with Crippen LogP contribution in [0.1, 0.15) is 97.4 Å². The SMILES string of the molecule is CC1C(c2ccc3c(c2)C2Cc4ccccc4C4C=CC=C3C42)COC2C=C(C3NC4C=CC=CC4C(C4CC=C5C6=C(CCC=C6)C(CC6=CCCC=C6)C5C4)N3)C=CC21. The van der Waals surface area contributed by atoms with E-state index in [-0.39, 0.29) is 12.3 Å². The van der Waals surface area contributed by atoms with Crippen LogP contribution in [0.15, 0.2) is 168 Å². The average Bonchev–Trinajstić information content (AvgIpc) is 3.80. The summed E-state index contributed by atoms with van der Waals surface area (Å²) in [5, 5.41) is 8.35. The van der Waals surface area contributed by atoms with Crippen LogP contribution in [0, 0.1) is 41.4 Å². The highest BCUT2D eigenvalue weighted by atomic mass is 16.5. The summed E-state index contributed by atoms with van der Waals surface area (Å²) in [6.45, 7) is 3.26. The molecule has 2 aliphatic heterocycles. The third-order valence-corrected chi connectivity index (χ3v) is 17.5. The van der Waals surface area contributed by atoms with Gasteiger partial charge in [-0.3, -0.25) is 10.6 Å². The second kappa shape index (κ2) is 14.8. The van der Waals surface area contributed by atoms with E-state index in [1.54, 1.807) is 33.4 Å². The lowest BCUT2D eigenvalue weighted by Crippen LogP contribution is -2.65. The molecule has 0 amide bonds. The van der Waals surface area contributed by atoms with Crippen molar-refractivity contribution in [3.8, 4) is 0 Å². The molecule has 2 aromatic rings. The van der Waals surface area contributed by atoms with Crippen LogP contribution in [-0.2, 0) is 11.2 Å². The zero-order chi connectivity index (χ0) is 40.2. The van der Waals surface area contributed by atoms with Crippen molar-refractivity contribution in [1.82, 2.24) is 10.6 Å². The fraction of sp³-hybridized carbons (Fsp3) is 0.414. The lowest BCUT2D eigenvalue weighted by Gasteiger charge is -2.48. The van der Waals surface area contributed by atoms with Crippen LogP contribution in [0.4, 0.5) is 0 Å². The van der Waals surface area contributed by atoms with Crippen molar-refractivity contribution in [2.24, 2.45) is 41.4 Å². The standard InChI is InChI=1S/C58H60N2O/c1-34-40-25-24-39(32-55(40)61-33-53(34)37-22-26-45-47-20-11-19-46-41-15-6-5-14-36(41)30-52(56(46)47)51(45)29-37)58-59-54-21-10-9-18-48(54)57(60-58)38-23-27-44-42-16-7-8-17-43(42)49(50(44)31-38)28-35-12-3-2-4-13-35/h3,5-7,9-16,18-22,24-27,29,32,34,38,40,46,48-50,52-60H,2,4,8,17,23,28,30-31,33H2,1H3. The van der Waals surface area contributed by atoms with Gasteiger partial charge in [0, 0.05) is 41.7 Å². The van der Waals surface area contributed by atoms with E-state index in [1.807, 2.05) is 0 Å². The van der Waals surface area contributed by atoms with Gasteiger partial charge in [0.15, 0.2) is 0 Å². The van der Waals surface area contributed by atoms with Crippen molar-refractivity contribution >= 4 is 5.57 Å².